The van der Waals surface area contributed by atoms with Crippen LogP contribution in [0.15, 0.2) is 176 Å². The fourth-order valence-electron chi connectivity index (χ4n) is 11.5. The zero-order chi connectivity index (χ0) is 56.6. The number of nitrogens with zero attached hydrogens (tertiary/aromatic N) is 4. The Morgan fingerprint density at radius 2 is 1.12 bits per heavy atom. The van der Waals surface area contributed by atoms with Crippen LogP contribution < -0.4 is 14.5 Å². The molecule has 2 aromatic heterocycles. The molecule has 0 bridgehead atoms. The maximum atomic E-state index is 7.12. The Balaban J connectivity index is 0.00000736. The number of benzene rings is 8. The topological polar surface area (TPSA) is 33.5 Å². The van der Waals surface area contributed by atoms with Crippen LogP contribution in [0.2, 0.25) is 0 Å². The van der Waals surface area contributed by atoms with Gasteiger partial charge in [-0.05, 0) is 132 Å². The van der Waals surface area contributed by atoms with Crippen molar-refractivity contribution in [3.63, 3.8) is 0 Å². The fourth-order valence-corrected chi connectivity index (χ4v) is 11.5. The molecule has 0 unspecified atom stereocenters. The maximum Gasteiger partial charge on any atom is 0.135 e. The Labute approximate surface area is 497 Å². The second-order valence-electron chi connectivity index (χ2n) is 26.3. The van der Waals surface area contributed by atoms with Crippen LogP contribution in [0.3, 0.4) is 0 Å². The first kappa shape index (κ1) is 57.0. The van der Waals surface area contributed by atoms with E-state index in [0.29, 0.717) is 23.3 Å². The predicted octanol–water partition coefficient (Wildman–Crippen LogP) is 20.8. The molecular formula is C75H77N4OPt-3. The molecular weight excluding hydrogens is 1170 g/mol. The van der Waals surface area contributed by atoms with Gasteiger partial charge in [0.05, 0.1) is 0 Å². The summed E-state index contributed by atoms with van der Waals surface area (Å²) in [6.45, 7) is 36.5. The third-order valence-electron chi connectivity index (χ3n) is 16.4. The first-order chi connectivity index (χ1) is 37.9. The Morgan fingerprint density at radius 1 is 0.469 bits per heavy atom. The maximum absolute atomic E-state index is 7.12. The summed E-state index contributed by atoms with van der Waals surface area (Å²) < 4.78 is 9.38. The summed E-state index contributed by atoms with van der Waals surface area (Å²) in [5, 5.41) is 2.22. The minimum Gasteiger partial charge on any atom is -0.509 e. The number of ether oxygens (including phenoxy) is 1. The van der Waals surface area contributed by atoms with Crippen molar-refractivity contribution in [3.05, 3.63) is 234 Å². The zero-order valence-electron chi connectivity index (χ0n) is 50.0. The van der Waals surface area contributed by atoms with Gasteiger partial charge in [-0.15, -0.1) is 53.6 Å². The van der Waals surface area contributed by atoms with E-state index in [9.17, 15) is 0 Å². The molecule has 0 radical (unpaired) electrons. The van der Waals surface area contributed by atoms with Crippen LogP contribution in [0.25, 0.3) is 49.9 Å². The Kier molecular flexibility index (Phi) is 15.2. The van der Waals surface area contributed by atoms with E-state index >= 15 is 0 Å². The summed E-state index contributed by atoms with van der Waals surface area (Å²) in [6.07, 6.45) is 1.93. The molecule has 3 heterocycles. The molecule has 0 amide bonds. The van der Waals surface area contributed by atoms with Crippen molar-refractivity contribution >= 4 is 44.6 Å². The largest absolute Gasteiger partial charge is 0.509 e. The van der Waals surface area contributed by atoms with Gasteiger partial charge < -0.3 is 19.1 Å². The third-order valence-corrected chi connectivity index (χ3v) is 16.4. The molecule has 0 N–H and O–H groups in total. The summed E-state index contributed by atoms with van der Waals surface area (Å²) in [4.78, 5) is 9.73. The molecule has 0 spiro atoms. The number of rotatable bonds is 11. The van der Waals surface area contributed by atoms with E-state index in [1.807, 2.05) is 6.20 Å². The van der Waals surface area contributed by atoms with Crippen LogP contribution in [0, 0.1) is 18.8 Å². The average Bonchev–Trinajstić information content (AvgIpc) is 4.23. The fraction of sp³-hybridized carbons (Fsp3) is 0.280. The van der Waals surface area contributed by atoms with E-state index < -0.39 is 0 Å². The number of hydrogen-bond donors (Lipinski definition) is 0. The van der Waals surface area contributed by atoms with Gasteiger partial charge >= 0.3 is 0 Å². The smallest absolute Gasteiger partial charge is 0.135 e. The van der Waals surface area contributed by atoms with Crippen LogP contribution in [0.5, 0.6) is 11.5 Å². The minimum absolute atomic E-state index is 0. The van der Waals surface area contributed by atoms with Gasteiger partial charge in [0.2, 0.25) is 0 Å². The van der Waals surface area contributed by atoms with Gasteiger partial charge in [-0.2, -0.15) is 6.07 Å². The Hall–Kier alpha value is -7.20. The van der Waals surface area contributed by atoms with Crippen LogP contribution in [-0.2, 0) is 42.7 Å². The van der Waals surface area contributed by atoms with Crippen molar-refractivity contribution in [1.82, 2.24) is 9.55 Å². The van der Waals surface area contributed by atoms with Crippen molar-refractivity contribution in [3.8, 4) is 39.6 Å². The molecule has 0 saturated carbocycles. The zero-order valence-corrected chi connectivity index (χ0v) is 52.3. The van der Waals surface area contributed by atoms with Crippen molar-refractivity contribution in [1.29, 1.82) is 0 Å². The summed E-state index contributed by atoms with van der Waals surface area (Å²) in [5.41, 5.74) is 19.2. The number of pyridine rings is 1. The molecule has 416 valence electrons. The summed E-state index contributed by atoms with van der Waals surface area (Å²) >= 11 is 0. The van der Waals surface area contributed by atoms with Crippen molar-refractivity contribution < 1.29 is 25.8 Å². The molecule has 0 saturated heterocycles. The van der Waals surface area contributed by atoms with Gasteiger partial charge in [0.25, 0.3) is 0 Å². The average molecular weight is 1250 g/mol. The van der Waals surface area contributed by atoms with Crippen LogP contribution in [-0.4, -0.2) is 9.55 Å². The molecule has 8 aromatic carbocycles. The third kappa shape index (κ3) is 11.0. The van der Waals surface area contributed by atoms with E-state index in [1.54, 1.807) is 0 Å². The molecule has 0 aliphatic carbocycles. The molecule has 81 heavy (non-hydrogen) atoms. The number of anilines is 4. The molecule has 6 heteroatoms. The summed E-state index contributed by atoms with van der Waals surface area (Å²) in [6, 6.07) is 70.1. The van der Waals surface area contributed by atoms with Gasteiger partial charge in [0, 0.05) is 66.8 Å². The minimum atomic E-state index is -0.227. The van der Waals surface area contributed by atoms with Crippen molar-refractivity contribution in [2.24, 2.45) is 0 Å². The van der Waals surface area contributed by atoms with Gasteiger partial charge in [-0.1, -0.05) is 213 Å². The first-order valence-electron chi connectivity index (χ1n) is 28.6. The van der Waals surface area contributed by atoms with Crippen LogP contribution in [0.1, 0.15) is 155 Å². The molecule has 1 aliphatic heterocycles. The van der Waals surface area contributed by atoms with E-state index in [-0.39, 0.29) is 42.7 Å². The second-order valence-corrected chi connectivity index (χ2v) is 26.3. The van der Waals surface area contributed by atoms with Crippen LogP contribution >= 0.6 is 0 Å². The molecule has 11 rings (SSSR count). The van der Waals surface area contributed by atoms with Gasteiger partial charge in [-0.3, -0.25) is 0 Å². The van der Waals surface area contributed by atoms with E-state index in [2.05, 4.69) is 307 Å². The standard InChI is InChI=1S/C75H77N4O.Pt/c1-48(2)62-27-22-28-63(49(3)4)71(62)51-29-33-67-69(39-51)78(47-77(67)58-38-52(50-23-18-16-19-24-50)37-56(40-58)73(8,9)10)59-41-57(74(11,12)13)42-61(45-59)80-60-31-32-64-65-43-55(75(14,15)53-25-20-17-21-26-53)30-34-66(65)79(68(64)46-60)70-44-54(35-36-76-70)72(5,6)7;/h16-44,47-49H,1-15H3;/q-3;. The van der Waals surface area contributed by atoms with Crippen molar-refractivity contribution in [2.75, 3.05) is 9.80 Å². The molecule has 5 nitrogen and oxygen atoms in total. The molecule has 0 fully saturated rings. The Morgan fingerprint density at radius 3 is 1.78 bits per heavy atom. The predicted molar refractivity (Wildman–Crippen MR) is 338 cm³/mol. The number of fused-ring (bicyclic) bond motifs is 4. The molecule has 1 aliphatic rings. The van der Waals surface area contributed by atoms with E-state index in [0.717, 1.165) is 55.9 Å². The van der Waals surface area contributed by atoms with Crippen LogP contribution in [0.4, 0.5) is 22.7 Å². The quantitative estimate of drug-likeness (QED) is 0.121. The van der Waals surface area contributed by atoms with Gasteiger partial charge in [0.1, 0.15) is 5.82 Å². The number of hydrogen-bond acceptors (Lipinski definition) is 4. The van der Waals surface area contributed by atoms with Gasteiger partial charge in [-0.25, -0.2) is 4.98 Å². The Bertz CT molecular complexity index is 3910. The summed E-state index contributed by atoms with van der Waals surface area (Å²) in [5.74, 6) is 2.74. The second kappa shape index (κ2) is 21.6. The van der Waals surface area contributed by atoms with Gasteiger partial charge in [0.15, 0.2) is 0 Å². The van der Waals surface area contributed by atoms with E-state index in [1.165, 1.54) is 55.6 Å². The molecule has 0 atom stereocenters. The summed E-state index contributed by atoms with van der Waals surface area (Å²) in [7, 11) is 0. The van der Waals surface area contributed by atoms with E-state index in [4.69, 9.17) is 9.72 Å². The first-order valence-corrected chi connectivity index (χ1v) is 28.6. The molecule has 10 aromatic rings. The normalized spacial score (nSPS) is 13.1. The van der Waals surface area contributed by atoms with Crippen molar-refractivity contribution in [2.45, 2.75) is 137 Å². The number of aromatic nitrogens is 2. The SMILES string of the molecule is CC(C)c1cccc(C(C)C)c1-c1ccc2c(c1)N(c1[c-]c(Oc3[c-]c4c(cc3)c3cc(C(C)(C)c5ccccc5)ccc3n4-c3cc(C(C)(C)C)ccn3)cc(C(C)(C)C)c1)[CH-]N2c1cc(-c2ccccc2)cc(C(C)(C)C)c1.[Pt]. The monoisotopic (exact) mass is 1240 g/mol.